The zero-order chi connectivity index (χ0) is 12.4. The summed E-state index contributed by atoms with van der Waals surface area (Å²) >= 11 is 0. The van der Waals surface area contributed by atoms with E-state index in [1.807, 2.05) is 0 Å². The highest BCUT2D eigenvalue weighted by Gasteiger charge is 2.32. The third kappa shape index (κ3) is 3.11. The lowest BCUT2D eigenvalue weighted by atomic mass is 10.1. The standard InChI is InChI=1S/C12H20N2O3/c1-8(9-2-3-9)6-13-12(17)14-5-4-10(7-14)11(15)16/h8-10H,2-7H2,1H3,(H,13,17)(H,15,16). The van der Waals surface area contributed by atoms with Crippen molar-refractivity contribution in [1.82, 2.24) is 10.2 Å². The average molecular weight is 240 g/mol. The summed E-state index contributed by atoms with van der Waals surface area (Å²) < 4.78 is 0. The fourth-order valence-corrected chi connectivity index (χ4v) is 2.34. The quantitative estimate of drug-likeness (QED) is 0.774. The van der Waals surface area contributed by atoms with Crippen LogP contribution in [0.3, 0.4) is 0 Å². The minimum Gasteiger partial charge on any atom is -0.481 e. The molecule has 0 aromatic rings. The molecule has 2 amide bonds. The molecule has 0 aromatic heterocycles. The van der Waals surface area contributed by atoms with Crippen molar-refractivity contribution in [1.29, 1.82) is 0 Å². The lowest BCUT2D eigenvalue weighted by Crippen LogP contribution is -2.40. The molecule has 2 aliphatic rings. The van der Waals surface area contributed by atoms with E-state index in [1.54, 1.807) is 4.90 Å². The predicted molar refractivity (Wildman–Crippen MR) is 62.6 cm³/mol. The minimum atomic E-state index is -0.799. The number of carboxylic acids is 1. The Labute approximate surface area is 101 Å². The topological polar surface area (TPSA) is 69.6 Å². The van der Waals surface area contributed by atoms with Gasteiger partial charge in [-0.1, -0.05) is 6.92 Å². The van der Waals surface area contributed by atoms with E-state index in [4.69, 9.17) is 5.11 Å². The summed E-state index contributed by atoms with van der Waals surface area (Å²) in [5.41, 5.74) is 0. The molecule has 0 aromatic carbocycles. The Morgan fingerprint density at radius 1 is 1.41 bits per heavy atom. The molecule has 0 radical (unpaired) electrons. The molecule has 0 bridgehead atoms. The normalized spacial score (nSPS) is 25.7. The fraction of sp³-hybridized carbons (Fsp3) is 0.833. The monoisotopic (exact) mass is 240 g/mol. The van der Waals surface area contributed by atoms with Crippen LogP contribution < -0.4 is 5.32 Å². The third-order valence-corrected chi connectivity index (χ3v) is 3.83. The highest BCUT2D eigenvalue weighted by Crippen LogP contribution is 2.36. The summed E-state index contributed by atoms with van der Waals surface area (Å²) in [6, 6.07) is -0.110. The van der Waals surface area contributed by atoms with Gasteiger partial charge in [-0.25, -0.2) is 4.79 Å². The van der Waals surface area contributed by atoms with Gasteiger partial charge < -0.3 is 15.3 Å². The molecule has 2 atom stereocenters. The first-order valence-corrected chi connectivity index (χ1v) is 6.33. The van der Waals surface area contributed by atoms with Gasteiger partial charge in [-0.05, 0) is 31.1 Å². The number of nitrogens with one attached hydrogen (secondary N) is 1. The van der Waals surface area contributed by atoms with Crippen LogP contribution in [0, 0.1) is 17.8 Å². The molecular weight excluding hydrogens is 220 g/mol. The Morgan fingerprint density at radius 3 is 2.65 bits per heavy atom. The molecule has 1 saturated carbocycles. The van der Waals surface area contributed by atoms with E-state index >= 15 is 0 Å². The van der Waals surface area contributed by atoms with Gasteiger partial charge in [0.15, 0.2) is 0 Å². The van der Waals surface area contributed by atoms with Crippen LogP contribution in [0.15, 0.2) is 0 Å². The molecule has 1 heterocycles. The highest BCUT2D eigenvalue weighted by molar-refractivity contribution is 5.77. The zero-order valence-electron chi connectivity index (χ0n) is 10.2. The number of rotatable bonds is 4. The van der Waals surface area contributed by atoms with Crippen LogP contribution in [0.5, 0.6) is 0 Å². The molecule has 5 heteroatoms. The van der Waals surface area contributed by atoms with Crippen LogP contribution in [0.2, 0.25) is 0 Å². The van der Waals surface area contributed by atoms with Crippen LogP contribution in [0.4, 0.5) is 4.79 Å². The summed E-state index contributed by atoms with van der Waals surface area (Å²) in [7, 11) is 0. The maximum Gasteiger partial charge on any atom is 0.317 e. The summed E-state index contributed by atoms with van der Waals surface area (Å²) in [5.74, 6) is 0.130. The lowest BCUT2D eigenvalue weighted by Gasteiger charge is -2.18. The Balaban J connectivity index is 1.71. The second kappa shape index (κ2) is 4.94. The molecule has 2 unspecified atom stereocenters. The number of carbonyl (C=O) groups excluding carboxylic acids is 1. The van der Waals surface area contributed by atoms with Crippen molar-refractivity contribution in [2.75, 3.05) is 19.6 Å². The van der Waals surface area contributed by atoms with Gasteiger partial charge in [0.05, 0.1) is 5.92 Å². The Morgan fingerprint density at radius 2 is 2.12 bits per heavy atom. The lowest BCUT2D eigenvalue weighted by molar-refractivity contribution is -0.141. The molecule has 17 heavy (non-hydrogen) atoms. The van der Waals surface area contributed by atoms with E-state index in [2.05, 4.69) is 12.2 Å². The second-order valence-corrected chi connectivity index (χ2v) is 5.27. The number of hydrogen-bond donors (Lipinski definition) is 2. The summed E-state index contributed by atoms with van der Waals surface area (Å²) in [5, 5.41) is 11.8. The number of carbonyl (C=O) groups is 2. The second-order valence-electron chi connectivity index (χ2n) is 5.27. The van der Waals surface area contributed by atoms with E-state index in [1.165, 1.54) is 12.8 Å². The number of amides is 2. The van der Waals surface area contributed by atoms with E-state index < -0.39 is 5.97 Å². The first-order valence-electron chi connectivity index (χ1n) is 6.33. The Hall–Kier alpha value is -1.26. The summed E-state index contributed by atoms with van der Waals surface area (Å²) in [6.45, 7) is 3.76. The van der Waals surface area contributed by atoms with Crippen molar-refractivity contribution in [3.8, 4) is 0 Å². The van der Waals surface area contributed by atoms with Crippen molar-refractivity contribution >= 4 is 12.0 Å². The third-order valence-electron chi connectivity index (χ3n) is 3.83. The molecule has 1 aliphatic heterocycles. The molecular formula is C12H20N2O3. The van der Waals surface area contributed by atoms with E-state index in [0.717, 1.165) is 5.92 Å². The number of likely N-dealkylation sites (tertiary alicyclic amines) is 1. The zero-order valence-corrected chi connectivity index (χ0v) is 10.2. The summed E-state index contributed by atoms with van der Waals surface area (Å²) in [4.78, 5) is 24.2. The van der Waals surface area contributed by atoms with Gasteiger partial charge in [0.1, 0.15) is 0 Å². The molecule has 1 saturated heterocycles. The van der Waals surface area contributed by atoms with Crippen LogP contribution in [0.1, 0.15) is 26.2 Å². The fourth-order valence-electron chi connectivity index (χ4n) is 2.34. The van der Waals surface area contributed by atoms with Gasteiger partial charge in [-0.2, -0.15) is 0 Å². The van der Waals surface area contributed by atoms with Gasteiger partial charge in [-0.3, -0.25) is 4.79 Å². The van der Waals surface area contributed by atoms with Crippen molar-refractivity contribution in [2.24, 2.45) is 17.8 Å². The van der Waals surface area contributed by atoms with Crippen molar-refractivity contribution in [3.63, 3.8) is 0 Å². The predicted octanol–water partition coefficient (Wildman–Crippen LogP) is 1.15. The molecule has 0 spiro atoms. The van der Waals surface area contributed by atoms with Gasteiger partial charge in [0, 0.05) is 19.6 Å². The van der Waals surface area contributed by atoms with Gasteiger partial charge in [-0.15, -0.1) is 0 Å². The number of urea groups is 1. The van der Waals surface area contributed by atoms with Crippen molar-refractivity contribution < 1.29 is 14.7 Å². The summed E-state index contributed by atoms with van der Waals surface area (Å²) in [6.07, 6.45) is 3.13. The Kier molecular flexibility index (Phi) is 3.54. The highest BCUT2D eigenvalue weighted by atomic mass is 16.4. The smallest absolute Gasteiger partial charge is 0.317 e. The van der Waals surface area contributed by atoms with E-state index in [0.29, 0.717) is 32.0 Å². The molecule has 2 rings (SSSR count). The molecule has 5 nitrogen and oxygen atoms in total. The molecule has 1 aliphatic carbocycles. The van der Waals surface area contributed by atoms with Gasteiger partial charge >= 0.3 is 12.0 Å². The van der Waals surface area contributed by atoms with Crippen LogP contribution in [-0.4, -0.2) is 41.6 Å². The van der Waals surface area contributed by atoms with E-state index in [9.17, 15) is 9.59 Å². The maximum absolute atomic E-state index is 11.8. The number of carboxylic acid groups (broad SMARTS) is 1. The molecule has 96 valence electrons. The average Bonchev–Trinajstić information content (AvgIpc) is 3.02. The minimum absolute atomic E-state index is 0.110. The Bertz CT molecular complexity index is 315. The van der Waals surface area contributed by atoms with Crippen molar-refractivity contribution in [2.45, 2.75) is 26.2 Å². The van der Waals surface area contributed by atoms with Gasteiger partial charge in [0.25, 0.3) is 0 Å². The number of aliphatic carboxylic acids is 1. The van der Waals surface area contributed by atoms with E-state index in [-0.39, 0.29) is 11.9 Å². The number of hydrogen-bond acceptors (Lipinski definition) is 2. The first kappa shape index (κ1) is 12.2. The molecule has 2 fully saturated rings. The largest absolute Gasteiger partial charge is 0.481 e. The van der Waals surface area contributed by atoms with Crippen LogP contribution in [0.25, 0.3) is 0 Å². The maximum atomic E-state index is 11.8. The van der Waals surface area contributed by atoms with Crippen LogP contribution in [-0.2, 0) is 4.79 Å². The van der Waals surface area contributed by atoms with Crippen molar-refractivity contribution in [3.05, 3.63) is 0 Å². The van der Waals surface area contributed by atoms with Gasteiger partial charge in [0.2, 0.25) is 0 Å². The number of nitrogens with zero attached hydrogens (tertiary/aromatic N) is 1. The SMILES string of the molecule is CC(CNC(=O)N1CCC(C(=O)O)C1)C1CC1. The first-order chi connectivity index (χ1) is 8.08. The van der Waals surface area contributed by atoms with Crippen LogP contribution >= 0.6 is 0 Å². The molecule has 2 N–H and O–H groups in total.